The molecule has 0 aliphatic rings. The van der Waals surface area contributed by atoms with Gasteiger partial charge in [-0.1, -0.05) is 18.2 Å². The lowest BCUT2D eigenvalue weighted by molar-refractivity contribution is 0.0938. The van der Waals surface area contributed by atoms with Crippen molar-refractivity contribution in [1.29, 1.82) is 0 Å². The van der Waals surface area contributed by atoms with E-state index in [0.717, 1.165) is 11.3 Å². The number of rotatable bonds is 9. The summed E-state index contributed by atoms with van der Waals surface area (Å²) >= 11 is 0. The van der Waals surface area contributed by atoms with Gasteiger partial charge in [-0.15, -0.1) is 0 Å². The highest BCUT2D eigenvalue weighted by atomic mass is 16.5. The van der Waals surface area contributed by atoms with E-state index in [1.54, 1.807) is 19.2 Å². The predicted molar refractivity (Wildman–Crippen MR) is 97.3 cm³/mol. The number of hydrogen-bond acceptors (Lipinski definition) is 4. The lowest BCUT2D eigenvalue weighted by Gasteiger charge is -2.15. The highest BCUT2D eigenvalue weighted by molar-refractivity contribution is 5.94. The zero-order valence-electron chi connectivity index (χ0n) is 15.0. The quantitative estimate of drug-likeness (QED) is 0.707. The lowest BCUT2D eigenvalue weighted by Crippen LogP contribution is -2.26. The van der Waals surface area contributed by atoms with Crippen LogP contribution in [0.25, 0.3) is 0 Å². The van der Waals surface area contributed by atoms with E-state index in [9.17, 15) is 4.79 Å². The van der Waals surface area contributed by atoms with E-state index in [0.29, 0.717) is 31.1 Å². The van der Waals surface area contributed by atoms with Gasteiger partial charge in [0.05, 0.1) is 19.8 Å². The predicted octanol–water partition coefficient (Wildman–Crippen LogP) is 3.60. The molecule has 5 heteroatoms. The van der Waals surface area contributed by atoms with E-state index in [2.05, 4.69) is 5.32 Å². The van der Waals surface area contributed by atoms with Gasteiger partial charge in [-0.3, -0.25) is 4.79 Å². The second-order valence-electron chi connectivity index (χ2n) is 5.54. The van der Waals surface area contributed by atoms with Crippen molar-refractivity contribution in [2.24, 2.45) is 0 Å². The Bertz CT molecular complexity index is 670. The van der Waals surface area contributed by atoms with Crippen LogP contribution in [0.5, 0.6) is 11.5 Å². The van der Waals surface area contributed by atoms with Gasteiger partial charge >= 0.3 is 0 Å². The van der Waals surface area contributed by atoms with Crippen molar-refractivity contribution >= 4 is 5.91 Å². The third-order valence-corrected chi connectivity index (χ3v) is 3.76. The van der Waals surface area contributed by atoms with Crippen LogP contribution in [0.3, 0.4) is 0 Å². The molecule has 0 aromatic heterocycles. The van der Waals surface area contributed by atoms with Crippen molar-refractivity contribution in [2.45, 2.75) is 19.9 Å². The summed E-state index contributed by atoms with van der Waals surface area (Å²) < 4.78 is 16.0. The summed E-state index contributed by atoms with van der Waals surface area (Å²) in [5.74, 6) is 1.31. The molecule has 5 nitrogen and oxygen atoms in total. The molecule has 2 aromatic carbocycles. The summed E-state index contributed by atoms with van der Waals surface area (Å²) in [6.45, 7) is 5.54. The maximum Gasteiger partial charge on any atom is 0.251 e. The van der Waals surface area contributed by atoms with Crippen LogP contribution in [0.1, 0.15) is 35.8 Å². The van der Waals surface area contributed by atoms with Crippen LogP contribution in [-0.4, -0.2) is 32.8 Å². The van der Waals surface area contributed by atoms with Crippen LogP contribution >= 0.6 is 0 Å². The molecule has 25 heavy (non-hydrogen) atoms. The molecule has 2 rings (SSSR count). The van der Waals surface area contributed by atoms with Gasteiger partial charge in [-0.25, -0.2) is 0 Å². The van der Waals surface area contributed by atoms with Crippen molar-refractivity contribution < 1.29 is 19.0 Å². The fourth-order valence-corrected chi connectivity index (χ4v) is 2.35. The van der Waals surface area contributed by atoms with Crippen LogP contribution in [0.4, 0.5) is 0 Å². The number of ether oxygens (including phenoxy) is 3. The molecular formula is C20H25NO4. The van der Waals surface area contributed by atoms with Crippen molar-refractivity contribution in [3.8, 4) is 11.5 Å². The SMILES string of the molecule is CCOCCOc1cccc(C(=O)NC(C)c2ccc(OC)cc2)c1. The minimum absolute atomic E-state index is 0.110. The first kappa shape index (κ1) is 18.8. The molecule has 0 heterocycles. The van der Waals surface area contributed by atoms with E-state index in [4.69, 9.17) is 14.2 Å². The maximum absolute atomic E-state index is 12.5. The van der Waals surface area contributed by atoms with Gasteiger partial charge in [0.25, 0.3) is 5.91 Å². The third-order valence-electron chi connectivity index (χ3n) is 3.76. The number of methoxy groups -OCH3 is 1. The molecule has 0 spiro atoms. The molecule has 0 aliphatic heterocycles. The number of carbonyl (C=O) groups is 1. The average Bonchev–Trinajstić information content (AvgIpc) is 2.65. The molecule has 1 N–H and O–H groups in total. The third kappa shape index (κ3) is 5.80. The smallest absolute Gasteiger partial charge is 0.251 e. The zero-order valence-corrected chi connectivity index (χ0v) is 15.0. The van der Waals surface area contributed by atoms with Crippen LogP contribution in [0.15, 0.2) is 48.5 Å². The van der Waals surface area contributed by atoms with Crippen molar-refractivity contribution in [1.82, 2.24) is 5.32 Å². The summed E-state index contributed by atoms with van der Waals surface area (Å²) in [4.78, 5) is 12.5. The molecular weight excluding hydrogens is 318 g/mol. The van der Waals surface area contributed by atoms with E-state index >= 15 is 0 Å². The highest BCUT2D eigenvalue weighted by Crippen LogP contribution is 2.19. The number of hydrogen-bond donors (Lipinski definition) is 1. The van der Waals surface area contributed by atoms with E-state index in [1.165, 1.54) is 0 Å². The Morgan fingerprint density at radius 3 is 2.52 bits per heavy atom. The van der Waals surface area contributed by atoms with Crippen LogP contribution < -0.4 is 14.8 Å². The first-order valence-corrected chi connectivity index (χ1v) is 8.39. The minimum atomic E-state index is -0.140. The second-order valence-corrected chi connectivity index (χ2v) is 5.54. The summed E-state index contributed by atoms with van der Waals surface area (Å²) in [6, 6.07) is 14.7. The number of nitrogens with one attached hydrogen (secondary N) is 1. The van der Waals surface area contributed by atoms with Gasteiger partial charge < -0.3 is 19.5 Å². The molecule has 1 atom stereocenters. The Labute approximate surface area is 148 Å². The molecule has 0 radical (unpaired) electrons. The van der Waals surface area contributed by atoms with Crippen molar-refractivity contribution in [3.63, 3.8) is 0 Å². The summed E-state index contributed by atoms with van der Waals surface area (Å²) in [5, 5.41) is 2.99. The van der Waals surface area contributed by atoms with Gasteiger partial charge in [0.15, 0.2) is 0 Å². The van der Waals surface area contributed by atoms with Gasteiger partial charge in [0, 0.05) is 12.2 Å². The van der Waals surface area contributed by atoms with Gasteiger partial charge in [-0.05, 0) is 49.7 Å². The topological polar surface area (TPSA) is 56.8 Å². The van der Waals surface area contributed by atoms with Gasteiger partial charge in [-0.2, -0.15) is 0 Å². The van der Waals surface area contributed by atoms with E-state index < -0.39 is 0 Å². The summed E-state index contributed by atoms with van der Waals surface area (Å²) in [6.07, 6.45) is 0. The van der Waals surface area contributed by atoms with Crippen molar-refractivity contribution in [3.05, 3.63) is 59.7 Å². The molecule has 1 unspecified atom stereocenters. The van der Waals surface area contributed by atoms with Crippen LogP contribution in [0.2, 0.25) is 0 Å². The number of amides is 1. The molecule has 134 valence electrons. The van der Waals surface area contributed by atoms with E-state index in [-0.39, 0.29) is 11.9 Å². The van der Waals surface area contributed by atoms with Crippen molar-refractivity contribution in [2.75, 3.05) is 26.9 Å². The fourth-order valence-electron chi connectivity index (χ4n) is 2.35. The Balaban J connectivity index is 1.94. The van der Waals surface area contributed by atoms with Crippen LogP contribution in [0, 0.1) is 0 Å². The number of carbonyl (C=O) groups excluding carboxylic acids is 1. The Morgan fingerprint density at radius 2 is 1.84 bits per heavy atom. The molecule has 0 aliphatic carbocycles. The molecule has 0 saturated heterocycles. The van der Waals surface area contributed by atoms with Gasteiger partial charge in [0.2, 0.25) is 0 Å². The second kappa shape index (κ2) is 9.69. The number of benzene rings is 2. The summed E-state index contributed by atoms with van der Waals surface area (Å²) in [7, 11) is 1.63. The maximum atomic E-state index is 12.5. The molecule has 0 saturated carbocycles. The average molecular weight is 343 g/mol. The standard InChI is InChI=1S/C20H25NO4/c1-4-24-12-13-25-19-7-5-6-17(14-19)20(22)21-15(2)16-8-10-18(23-3)11-9-16/h5-11,14-15H,4,12-13H2,1-3H3,(H,21,22). The first-order chi connectivity index (χ1) is 12.1. The lowest BCUT2D eigenvalue weighted by atomic mass is 10.1. The Kier molecular flexibility index (Phi) is 7.29. The van der Waals surface area contributed by atoms with Gasteiger partial charge in [0.1, 0.15) is 18.1 Å². The normalized spacial score (nSPS) is 11.6. The molecule has 1 amide bonds. The molecule has 0 bridgehead atoms. The minimum Gasteiger partial charge on any atom is -0.497 e. The zero-order chi connectivity index (χ0) is 18.1. The first-order valence-electron chi connectivity index (χ1n) is 8.39. The van der Waals surface area contributed by atoms with E-state index in [1.807, 2.05) is 50.2 Å². The summed E-state index contributed by atoms with van der Waals surface area (Å²) in [5.41, 5.74) is 1.58. The Hall–Kier alpha value is -2.53. The fraction of sp³-hybridized carbons (Fsp3) is 0.350. The molecule has 0 fully saturated rings. The monoisotopic (exact) mass is 343 g/mol. The van der Waals surface area contributed by atoms with Crippen LogP contribution in [-0.2, 0) is 4.74 Å². The highest BCUT2D eigenvalue weighted by Gasteiger charge is 2.12. The Morgan fingerprint density at radius 1 is 1.08 bits per heavy atom. The largest absolute Gasteiger partial charge is 0.497 e. The molecule has 2 aromatic rings.